The fourth-order valence-electron chi connectivity index (χ4n) is 5.41. The average Bonchev–Trinajstić information content (AvgIpc) is 3.32. The maximum absolute atomic E-state index is 13.7. The van der Waals surface area contributed by atoms with Gasteiger partial charge in [-0.1, -0.05) is 37.0 Å². The van der Waals surface area contributed by atoms with Crippen LogP contribution < -0.4 is 10.6 Å². The molecule has 3 atom stereocenters. The van der Waals surface area contributed by atoms with Gasteiger partial charge in [0.1, 0.15) is 5.54 Å². The predicted molar refractivity (Wildman–Crippen MR) is 105 cm³/mol. The lowest BCUT2D eigenvalue weighted by Gasteiger charge is -2.46. The Balaban J connectivity index is 1.87. The molecule has 0 unspecified atom stereocenters. The molecule has 0 spiro atoms. The lowest BCUT2D eigenvalue weighted by molar-refractivity contribution is -0.146. The van der Waals surface area contributed by atoms with E-state index in [9.17, 15) is 14.4 Å². The van der Waals surface area contributed by atoms with E-state index in [1.807, 2.05) is 24.3 Å². The summed E-state index contributed by atoms with van der Waals surface area (Å²) in [4.78, 5) is 42.6. The van der Waals surface area contributed by atoms with Crippen LogP contribution in [-0.2, 0) is 14.4 Å². The standard InChI is InChI=1S/C22H25N3O3/c1-3-12-24-17-11-7-6-10-15(17)18-16(19(23)26)13-25(22(18,2)21(24)28)20(27)14-8-4-5-9-14/h1,6-7,10-11,14,16,18H,4-5,8-9,12-13H2,2H3,(H2,23,26)/t16-,18+,22-/m0/s1. The number of rotatable bonds is 3. The number of anilines is 1. The van der Waals surface area contributed by atoms with Crippen LogP contribution in [0.15, 0.2) is 24.3 Å². The molecule has 2 heterocycles. The molecule has 0 bridgehead atoms. The first kappa shape index (κ1) is 18.5. The molecular formula is C22H25N3O3. The molecule has 4 rings (SSSR count). The predicted octanol–water partition coefficient (Wildman–Crippen LogP) is 1.64. The first-order valence-corrected chi connectivity index (χ1v) is 9.86. The van der Waals surface area contributed by atoms with Gasteiger partial charge in [0.05, 0.1) is 12.5 Å². The lowest BCUT2D eigenvalue weighted by atomic mass is 9.71. The summed E-state index contributed by atoms with van der Waals surface area (Å²) in [7, 11) is 0. The summed E-state index contributed by atoms with van der Waals surface area (Å²) in [5.41, 5.74) is 6.13. The zero-order valence-corrected chi connectivity index (χ0v) is 16.1. The molecule has 0 radical (unpaired) electrons. The minimum Gasteiger partial charge on any atom is -0.369 e. The molecule has 1 saturated heterocycles. The summed E-state index contributed by atoms with van der Waals surface area (Å²) < 4.78 is 0. The third-order valence-electron chi connectivity index (χ3n) is 6.77. The third kappa shape index (κ3) is 2.46. The molecule has 1 aromatic carbocycles. The topological polar surface area (TPSA) is 83.7 Å². The average molecular weight is 379 g/mol. The Bertz CT molecular complexity index is 883. The molecule has 146 valence electrons. The number of carbonyl (C=O) groups is 3. The van der Waals surface area contributed by atoms with Gasteiger partial charge in [0.2, 0.25) is 11.8 Å². The first-order chi connectivity index (χ1) is 13.4. The van der Waals surface area contributed by atoms with E-state index in [1.54, 1.807) is 16.7 Å². The highest BCUT2D eigenvalue weighted by atomic mass is 16.2. The second kappa shape index (κ2) is 6.66. The molecule has 2 aliphatic heterocycles. The number of nitrogens with zero attached hydrogens (tertiary/aromatic N) is 2. The van der Waals surface area contributed by atoms with Crippen LogP contribution in [0.4, 0.5) is 5.69 Å². The van der Waals surface area contributed by atoms with E-state index in [-0.39, 0.29) is 30.8 Å². The number of amides is 3. The van der Waals surface area contributed by atoms with E-state index >= 15 is 0 Å². The Hall–Kier alpha value is -2.81. The van der Waals surface area contributed by atoms with Gasteiger partial charge in [0.25, 0.3) is 5.91 Å². The zero-order chi connectivity index (χ0) is 20.1. The maximum Gasteiger partial charge on any atom is 0.254 e. The van der Waals surface area contributed by atoms with Crippen molar-refractivity contribution in [3.05, 3.63) is 29.8 Å². The van der Waals surface area contributed by atoms with E-state index in [1.165, 1.54) is 0 Å². The second-order valence-electron chi connectivity index (χ2n) is 8.22. The zero-order valence-electron chi connectivity index (χ0n) is 16.1. The summed E-state index contributed by atoms with van der Waals surface area (Å²) in [6.45, 7) is 2.07. The molecule has 1 aromatic rings. The minimum absolute atomic E-state index is 0.0397. The molecule has 2 N–H and O–H groups in total. The molecule has 6 nitrogen and oxygen atoms in total. The summed E-state index contributed by atoms with van der Waals surface area (Å²) in [6.07, 6.45) is 9.22. The number of likely N-dealkylation sites (tertiary alicyclic amines) is 1. The Labute approximate surface area is 165 Å². The van der Waals surface area contributed by atoms with Crippen molar-refractivity contribution in [3.63, 3.8) is 0 Å². The summed E-state index contributed by atoms with van der Waals surface area (Å²) >= 11 is 0. The first-order valence-electron chi connectivity index (χ1n) is 9.86. The molecular weight excluding hydrogens is 354 g/mol. The summed E-state index contributed by atoms with van der Waals surface area (Å²) in [6, 6.07) is 7.47. The van der Waals surface area contributed by atoms with E-state index < -0.39 is 23.3 Å². The van der Waals surface area contributed by atoms with Crippen molar-refractivity contribution >= 4 is 23.4 Å². The van der Waals surface area contributed by atoms with E-state index in [2.05, 4.69) is 5.92 Å². The van der Waals surface area contributed by atoms with Crippen LogP contribution in [0.5, 0.6) is 0 Å². The molecule has 28 heavy (non-hydrogen) atoms. The van der Waals surface area contributed by atoms with Crippen molar-refractivity contribution in [2.24, 2.45) is 17.6 Å². The number of para-hydroxylation sites is 1. The van der Waals surface area contributed by atoms with Crippen molar-refractivity contribution in [2.75, 3.05) is 18.0 Å². The van der Waals surface area contributed by atoms with Crippen LogP contribution in [0.3, 0.4) is 0 Å². The van der Waals surface area contributed by atoms with Gasteiger partial charge in [0.15, 0.2) is 0 Å². The third-order valence-corrected chi connectivity index (χ3v) is 6.77. The monoisotopic (exact) mass is 379 g/mol. The number of carbonyl (C=O) groups excluding carboxylic acids is 3. The Kier molecular flexibility index (Phi) is 4.41. The molecule has 3 amide bonds. The van der Waals surface area contributed by atoms with Gasteiger partial charge in [-0.25, -0.2) is 0 Å². The molecule has 6 heteroatoms. The second-order valence-corrected chi connectivity index (χ2v) is 8.22. The normalized spacial score (nSPS) is 29.4. The van der Waals surface area contributed by atoms with E-state index in [0.29, 0.717) is 5.69 Å². The quantitative estimate of drug-likeness (QED) is 0.811. The van der Waals surface area contributed by atoms with Crippen LogP contribution >= 0.6 is 0 Å². The number of benzene rings is 1. The maximum atomic E-state index is 13.7. The van der Waals surface area contributed by atoms with Gasteiger partial charge in [0, 0.05) is 24.1 Å². The van der Waals surface area contributed by atoms with Crippen molar-refractivity contribution in [1.82, 2.24) is 4.90 Å². The minimum atomic E-state index is -1.16. The fraction of sp³-hybridized carbons (Fsp3) is 0.500. The Morgan fingerprint density at radius 3 is 2.61 bits per heavy atom. The van der Waals surface area contributed by atoms with Gasteiger partial charge < -0.3 is 10.6 Å². The largest absolute Gasteiger partial charge is 0.369 e. The molecule has 1 aliphatic carbocycles. The van der Waals surface area contributed by atoms with Crippen LogP contribution in [0, 0.1) is 24.2 Å². The van der Waals surface area contributed by atoms with Crippen LogP contribution in [0.2, 0.25) is 0 Å². The van der Waals surface area contributed by atoms with Crippen molar-refractivity contribution in [2.45, 2.75) is 44.1 Å². The SMILES string of the molecule is C#CCN1C(=O)[C@]2(C)[C@H](c3ccccc31)[C@@H](C(N)=O)CN2C(=O)C1CCCC1. The smallest absolute Gasteiger partial charge is 0.254 e. The van der Waals surface area contributed by atoms with Crippen LogP contribution in [0.1, 0.15) is 44.1 Å². The van der Waals surface area contributed by atoms with Gasteiger partial charge in [-0.15, -0.1) is 6.42 Å². The van der Waals surface area contributed by atoms with Crippen LogP contribution in [-0.4, -0.2) is 41.2 Å². The Morgan fingerprint density at radius 2 is 1.96 bits per heavy atom. The highest BCUT2D eigenvalue weighted by molar-refractivity contribution is 6.08. The Morgan fingerprint density at radius 1 is 1.29 bits per heavy atom. The van der Waals surface area contributed by atoms with Crippen molar-refractivity contribution in [3.8, 4) is 12.3 Å². The van der Waals surface area contributed by atoms with E-state index in [4.69, 9.17) is 12.2 Å². The molecule has 1 saturated carbocycles. The molecule has 0 aromatic heterocycles. The van der Waals surface area contributed by atoms with Gasteiger partial charge in [-0.05, 0) is 31.4 Å². The number of terminal acetylenes is 1. The molecule has 3 aliphatic rings. The number of nitrogens with two attached hydrogens (primary N) is 1. The lowest BCUT2D eigenvalue weighted by Crippen LogP contribution is -2.62. The summed E-state index contributed by atoms with van der Waals surface area (Å²) in [5.74, 6) is 0.641. The van der Waals surface area contributed by atoms with E-state index in [0.717, 1.165) is 31.2 Å². The fourth-order valence-corrected chi connectivity index (χ4v) is 5.41. The summed E-state index contributed by atoms with van der Waals surface area (Å²) in [5, 5.41) is 0. The van der Waals surface area contributed by atoms with Crippen molar-refractivity contribution < 1.29 is 14.4 Å². The van der Waals surface area contributed by atoms with Crippen molar-refractivity contribution in [1.29, 1.82) is 0 Å². The number of hydrogen-bond acceptors (Lipinski definition) is 3. The van der Waals surface area contributed by atoms with Crippen LogP contribution in [0.25, 0.3) is 0 Å². The number of fused-ring (bicyclic) bond motifs is 3. The highest BCUT2D eigenvalue weighted by Crippen LogP contribution is 2.53. The molecule has 2 fully saturated rings. The van der Waals surface area contributed by atoms with Gasteiger partial charge in [-0.3, -0.25) is 19.3 Å². The van der Waals surface area contributed by atoms with Gasteiger partial charge >= 0.3 is 0 Å². The number of primary amides is 1. The number of hydrogen-bond donors (Lipinski definition) is 1. The highest BCUT2D eigenvalue weighted by Gasteiger charge is 2.63. The van der Waals surface area contributed by atoms with Gasteiger partial charge in [-0.2, -0.15) is 0 Å².